The van der Waals surface area contributed by atoms with Crippen molar-refractivity contribution >= 4 is 11.6 Å². The Morgan fingerprint density at radius 3 is 2.76 bits per heavy atom. The van der Waals surface area contributed by atoms with Crippen LogP contribution in [-0.4, -0.2) is 12.6 Å². The van der Waals surface area contributed by atoms with Gasteiger partial charge in [0.2, 0.25) is 0 Å². The maximum atomic E-state index is 13.1. The smallest absolute Gasteiger partial charge is 0.270 e. The predicted octanol–water partition coefficient (Wildman–Crippen LogP) is 3.75. The van der Waals surface area contributed by atoms with Crippen LogP contribution in [0.25, 0.3) is 0 Å². The van der Waals surface area contributed by atoms with Crippen molar-refractivity contribution in [1.29, 1.82) is 0 Å². The molecule has 0 aliphatic carbocycles. The van der Waals surface area contributed by atoms with Crippen molar-refractivity contribution in [3.63, 3.8) is 0 Å². The van der Waals surface area contributed by atoms with E-state index >= 15 is 0 Å². The van der Waals surface area contributed by atoms with Crippen LogP contribution in [0.4, 0.5) is 8.78 Å². The molecule has 1 aromatic rings. The van der Waals surface area contributed by atoms with Crippen LogP contribution in [0.1, 0.15) is 30.9 Å². The zero-order valence-corrected chi connectivity index (χ0v) is 10.5. The molecule has 1 unspecified atom stereocenters. The van der Waals surface area contributed by atoms with Gasteiger partial charge in [-0.15, -0.1) is 0 Å². The Bertz CT molecular complexity index is 395. The molecule has 0 spiro atoms. The van der Waals surface area contributed by atoms with E-state index in [0.717, 1.165) is 31.9 Å². The number of benzene rings is 1. The molecule has 17 heavy (non-hydrogen) atoms. The normalized spacial score (nSPS) is 20.8. The van der Waals surface area contributed by atoms with E-state index in [0.29, 0.717) is 11.1 Å². The summed E-state index contributed by atoms with van der Waals surface area (Å²) < 4.78 is 26.2. The maximum Gasteiger partial charge on any atom is 0.270 e. The Kier molecular flexibility index (Phi) is 3.69. The first kappa shape index (κ1) is 12.8. The predicted molar refractivity (Wildman–Crippen MR) is 65.7 cm³/mol. The van der Waals surface area contributed by atoms with Gasteiger partial charge in [0.05, 0.1) is 0 Å². The molecule has 1 fully saturated rings. The van der Waals surface area contributed by atoms with Gasteiger partial charge in [-0.1, -0.05) is 23.7 Å². The molecular weight excluding hydrogens is 244 g/mol. The third-order valence-electron chi connectivity index (χ3n) is 3.19. The minimum Gasteiger partial charge on any atom is -0.314 e. The molecule has 0 saturated carbocycles. The number of nitrogens with one attached hydrogen (secondary N) is 1. The lowest BCUT2D eigenvalue weighted by Gasteiger charge is -2.15. The summed E-state index contributed by atoms with van der Waals surface area (Å²) in [6.07, 6.45) is 3.11. The summed E-state index contributed by atoms with van der Waals surface area (Å²) >= 11 is 6.05. The highest BCUT2D eigenvalue weighted by Gasteiger charge is 2.25. The molecular formula is C13H16ClF2N. The van der Waals surface area contributed by atoms with Gasteiger partial charge in [-0.3, -0.25) is 0 Å². The van der Waals surface area contributed by atoms with Crippen LogP contribution in [-0.2, 0) is 12.3 Å². The number of hydrogen-bond donors (Lipinski definition) is 1. The lowest BCUT2D eigenvalue weighted by molar-refractivity contribution is 0.0174. The van der Waals surface area contributed by atoms with Crippen LogP contribution in [0.3, 0.4) is 0 Å². The molecule has 1 aliphatic rings. The van der Waals surface area contributed by atoms with E-state index in [9.17, 15) is 8.78 Å². The average molecular weight is 260 g/mol. The van der Waals surface area contributed by atoms with Crippen molar-refractivity contribution in [3.8, 4) is 0 Å². The number of hydrogen-bond acceptors (Lipinski definition) is 1. The third-order valence-corrected chi connectivity index (χ3v) is 3.54. The van der Waals surface area contributed by atoms with Gasteiger partial charge in [0.25, 0.3) is 5.92 Å². The van der Waals surface area contributed by atoms with Crippen molar-refractivity contribution < 1.29 is 8.78 Å². The highest BCUT2D eigenvalue weighted by atomic mass is 35.5. The van der Waals surface area contributed by atoms with Gasteiger partial charge in [-0.2, -0.15) is 0 Å². The van der Waals surface area contributed by atoms with Crippen LogP contribution < -0.4 is 5.32 Å². The Morgan fingerprint density at radius 2 is 2.24 bits per heavy atom. The molecule has 1 saturated heterocycles. The largest absolute Gasteiger partial charge is 0.314 e. The summed E-state index contributed by atoms with van der Waals surface area (Å²) in [6.45, 7) is 1.92. The zero-order chi connectivity index (χ0) is 12.5. The zero-order valence-electron chi connectivity index (χ0n) is 9.77. The standard InChI is InChI=1S/C13H16ClF2N/c1-13(15,16)10-5-4-9(12(14)8-10)7-11-3-2-6-17-11/h4-5,8,11,17H,2-3,6-7H2,1H3. The van der Waals surface area contributed by atoms with Crippen molar-refractivity contribution in [2.75, 3.05) is 6.54 Å². The third kappa shape index (κ3) is 3.17. The van der Waals surface area contributed by atoms with E-state index in [4.69, 9.17) is 11.6 Å². The number of rotatable bonds is 3. The van der Waals surface area contributed by atoms with Gasteiger partial charge < -0.3 is 5.32 Å². The molecule has 1 nitrogen and oxygen atoms in total. The maximum absolute atomic E-state index is 13.1. The lowest BCUT2D eigenvalue weighted by atomic mass is 10.0. The van der Waals surface area contributed by atoms with Gasteiger partial charge in [0.1, 0.15) is 0 Å². The highest BCUT2D eigenvalue weighted by Crippen LogP contribution is 2.31. The monoisotopic (exact) mass is 259 g/mol. The van der Waals surface area contributed by atoms with Crippen LogP contribution >= 0.6 is 11.6 Å². The molecule has 0 aromatic heterocycles. The first-order chi connectivity index (χ1) is 7.97. The SMILES string of the molecule is CC(F)(F)c1ccc(CC2CCCN2)c(Cl)c1. The Hall–Kier alpha value is -0.670. The first-order valence-corrected chi connectivity index (χ1v) is 6.25. The number of halogens is 3. The fourth-order valence-corrected chi connectivity index (χ4v) is 2.44. The van der Waals surface area contributed by atoms with E-state index in [-0.39, 0.29) is 5.56 Å². The molecule has 0 amide bonds. The van der Waals surface area contributed by atoms with Crippen LogP contribution in [0.5, 0.6) is 0 Å². The van der Waals surface area contributed by atoms with Crippen LogP contribution in [0, 0.1) is 0 Å². The second-order valence-corrected chi connectivity index (χ2v) is 5.10. The first-order valence-electron chi connectivity index (χ1n) is 5.87. The summed E-state index contributed by atoms with van der Waals surface area (Å²) in [5, 5.41) is 3.81. The molecule has 1 heterocycles. The van der Waals surface area contributed by atoms with Crippen molar-refractivity contribution in [3.05, 3.63) is 34.3 Å². The molecule has 0 bridgehead atoms. The second kappa shape index (κ2) is 4.91. The number of alkyl halides is 2. The van der Waals surface area contributed by atoms with Crippen LogP contribution in [0.2, 0.25) is 5.02 Å². The van der Waals surface area contributed by atoms with Gasteiger partial charge in [0.15, 0.2) is 0 Å². The molecule has 94 valence electrons. The summed E-state index contributed by atoms with van der Waals surface area (Å²) in [5.74, 6) is -2.83. The average Bonchev–Trinajstić information content (AvgIpc) is 2.72. The van der Waals surface area contributed by atoms with E-state index < -0.39 is 5.92 Å². The fraction of sp³-hybridized carbons (Fsp3) is 0.538. The summed E-state index contributed by atoms with van der Waals surface area (Å²) in [7, 11) is 0. The van der Waals surface area contributed by atoms with Gasteiger partial charge in [-0.25, -0.2) is 8.78 Å². The van der Waals surface area contributed by atoms with Gasteiger partial charge >= 0.3 is 0 Å². The molecule has 2 rings (SSSR count). The lowest BCUT2D eigenvalue weighted by Crippen LogP contribution is -2.23. The molecule has 1 aliphatic heterocycles. The van der Waals surface area contributed by atoms with Gasteiger partial charge in [-0.05, 0) is 37.4 Å². The second-order valence-electron chi connectivity index (χ2n) is 4.69. The Labute approximate surface area is 105 Å². The van der Waals surface area contributed by atoms with Crippen LogP contribution in [0.15, 0.2) is 18.2 Å². The molecule has 0 radical (unpaired) electrons. The van der Waals surface area contributed by atoms with E-state index in [1.54, 1.807) is 6.07 Å². The Morgan fingerprint density at radius 1 is 1.47 bits per heavy atom. The molecule has 1 N–H and O–H groups in total. The Balaban J connectivity index is 2.14. The summed E-state index contributed by atoms with van der Waals surface area (Å²) in [5.41, 5.74) is 0.921. The molecule has 4 heteroatoms. The quantitative estimate of drug-likeness (QED) is 0.872. The van der Waals surface area contributed by atoms with Gasteiger partial charge in [0, 0.05) is 23.6 Å². The van der Waals surface area contributed by atoms with Crippen molar-refractivity contribution in [2.45, 2.75) is 38.2 Å². The minimum atomic E-state index is -2.83. The van der Waals surface area contributed by atoms with Crippen molar-refractivity contribution in [2.24, 2.45) is 0 Å². The van der Waals surface area contributed by atoms with E-state index in [1.165, 1.54) is 18.6 Å². The molecule has 1 atom stereocenters. The fourth-order valence-electron chi connectivity index (χ4n) is 2.18. The van der Waals surface area contributed by atoms with Crippen molar-refractivity contribution in [1.82, 2.24) is 5.32 Å². The van der Waals surface area contributed by atoms with E-state index in [1.807, 2.05) is 0 Å². The summed E-state index contributed by atoms with van der Waals surface area (Å²) in [6, 6.07) is 5.00. The summed E-state index contributed by atoms with van der Waals surface area (Å²) in [4.78, 5) is 0. The topological polar surface area (TPSA) is 12.0 Å². The minimum absolute atomic E-state index is 0.0226. The van der Waals surface area contributed by atoms with E-state index in [2.05, 4.69) is 5.32 Å². The molecule has 1 aromatic carbocycles. The highest BCUT2D eigenvalue weighted by molar-refractivity contribution is 6.31.